The molecule has 0 atom stereocenters. The van der Waals surface area contributed by atoms with Gasteiger partial charge in [0, 0.05) is 20.5 Å². The topological polar surface area (TPSA) is 46.5 Å². The summed E-state index contributed by atoms with van der Waals surface area (Å²) < 4.78 is 6.60. The van der Waals surface area contributed by atoms with E-state index >= 15 is 0 Å². The van der Waals surface area contributed by atoms with E-state index in [1.54, 1.807) is 17.8 Å². The van der Waals surface area contributed by atoms with E-state index in [2.05, 4.69) is 15.9 Å². The van der Waals surface area contributed by atoms with Crippen molar-refractivity contribution in [1.29, 1.82) is 0 Å². The predicted octanol–water partition coefficient (Wildman–Crippen LogP) is 4.38. The first-order valence-electron chi connectivity index (χ1n) is 5.48. The summed E-state index contributed by atoms with van der Waals surface area (Å²) in [6, 6.07) is 9.36. The first-order valence-corrected chi connectivity index (χ1v) is 8.14. The minimum absolute atomic E-state index is 0.372. The van der Waals surface area contributed by atoms with Gasteiger partial charge in [0.1, 0.15) is 10.6 Å². The molecule has 100 valence electrons. The maximum Gasteiger partial charge on any atom is 0.345 e. The van der Waals surface area contributed by atoms with Crippen LogP contribution in [0.15, 0.2) is 45.1 Å². The smallest absolute Gasteiger partial charge is 0.345 e. The number of benzene rings is 1. The second kappa shape index (κ2) is 6.98. The van der Waals surface area contributed by atoms with E-state index in [4.69, 9.17) is 9.84 Å². The van der Waals surface area contributed by atoms with Crippen LogP contribution in [0.25, 0.3) is 0 Å². The molecule has 1 N–H and O–H groups in total. The van der Waals surface area contributed by atoms with E-state index in [1.807, 2.05) is 29.6 Å². The van der Waals surface area contributed by atoms with Gasteiger partial charge < -0.3 is 9.84 Å². The number of thiophene rings is 1. The van der Waals surface area contributed by atoms with Gasteiger partial charge in [0.2, 0.25) is 0 Å². The summed E-state index contributed by atoms with van der Waals surface area (Å²) in [7, 11) is 0. The second-order valence-corrected chi connectivity index (χ2v) is 6.60. The Bertz CT molecular complexity index is 551. The highest BCUT2D eigenvalue weighted by Gasteiger charge is 2.06. The van der Waals surface area contributed by atoms with Crippen molar-refractivity contribution in [3.05, 3.63) is 45.1 Å². The van der Waals surface area contributed by atoms with Gasteiger partial charge in [0.15, 0.2) is 0 Å². The Hall–Kier alpha value is -0.980. The average Bonchev–Trinajstić information content (AvgIpc) is 2.86. The Morgan fingerprint density at radius 3 is 2.74 bits per heavy atom. The van der Waals surface area contributed by atoms with Crippen LogP contribution in [0.5, 0.6) is 5.75 Å². The number of hydrogen-bond donors (Lipinski definition) is 1. The Morgan fingerprint density at radius 1 is 1.37 bits per heavy atom. The molecule has 0 bridgehead atoms. The Kier molecular flexibility index (Phi) is 5.30. The van der Waals surface area contributed by atoms with E-state index in [0.29, 0.717) is 11.5 Å². The third-order valence-corrected chi connectivity index (χ3v) is 4.76. The monoisotopic (exact) mass is 358 g/mol. The van der Waals surface area contributed by atoms with Gasteiger partial charge >= 0.3 is 5.97 Å². The fraction of sp³-hybridized carbons (Fsp3) is 0.154. The van der Waals surface area contributed by atoms with Crippen molar-refractivity contribution >= 4 is 45.0 Å². The third-order valence-electron chi connectivity index (χ3n) is 2.22. The summed E-state index contributed by atoms with van der Waals surface area (Å²) in [4.78, 5) is 12.1. The van der Waals surface area contributed by atoms with Crippen molar-refractivity contribution in [2.24, 2.45) is 0 Å². The number of carboxylic acid groups (broad SMARTS) is 1. The summed E-state index contributed by atoms with van der Waals surface area (Å²) in [5, 5.41) is 10.7. The van der Waals surface area contributed by atoms with Crippen LogP contribution in [-0.2, 0) is 0 Å². The van der Waals surface area contributed by atoms with Gasteiger partial charge in [-0.25, -0.2) is 4.79 Å². The van der Waals surface area contributed by atoms with E-state index in [0.717, 1.165) is 20.9 Å². The molecule has 0 radical (unpaired) electrons. The molecule has 2 aromatic rings. The lowest BCUT2D eigenvalue weighted by Crippen LogP contribution is -1.99. The minimum atomic E-state index is -0.872. The van der Waals surface area contributed by atoms with E-state index in [1.165, 1.54) is 11.3 Å². The zero-order valence-corrected chi connectivity index (χ0v) is 13.1. The number of rotatable bonds is 6. The first-order chi connectivity index (χ1) is 9.15. The number of hydrogen-bond acceptors (Lipinski definition) is 4. The van der Waals surface area contributed by atoms with E-state index in [-0.39, 0.29) is 0 Å². The quantitative estimate of drug-likeness (QED) is 0.614. The maximum atomic E-state index is 10.7. The molecular weight excluding hydrogens is 348 g/mol. The molecule has 3 nitrogen and oxygen atoms in total. The third kappa shape index (κ3) is 4.56. The van der Waals surface area contributed by atoms with Crippen molar-refractivity contribution in [2.75, 3.05) is 12.4 Å². The average molecular weight is 359 g/mol. The molecular formula is C13H11BrO3S2. The van der Waals surface area contributed by atoms with Crippen molar-refractivity contribution in [2.45, 2.75) is 4.90 Å². The largest absolute Gasteiger partial charge is 0.493 e. The van der Waals surface area contributed by atoms with Crippen LogP contribution in [0.3, 0.4) is 0 Å². The van der Waals surface area contributed by atoms with Crippen LogP contribution in [0, 0.1) is 0 Å². The molecule has 0 spiro atoms. The summed E-state index contributed by atoms with van der Waals surface area (Å²) >= 11 is 6.21. The molecule has 0 aliphatic heterocycles. The SMILES string of the molecule is O=C(O)c1cc(SCCOc2ccc(Br)cc2)cs1. The minimum Gasteiger partial charge on any atom is -0.493 e. The molecule has 0 amide bonds. The van der Waals surface area contributed by atoms with Crippen LogP contribution in [0.4, 0.5) is 0 Å². The maximum absolute atomic E-state index is 10.7. The van der Waals surface area contributed by atoms with Gasteiger partial charge in [-0.2, -0.15) is 0 Å². The number of ether oxygens (including phenoxy) is 1. The molecule has 0 unspecified atom stereocenters. The fourth-order valence-electron chi connectivity index (χ4n) is 1.36. The summed E-state index contributed by atoms with van der Waals surface area (Å²) in [5.41, 5.74) is 0. The highest BCUT2D eigenvalue weighted by Crippen LogP contribution is 2.25. The van der Waals surface area contributed by atoms with Gasteiger partial charge in [-0.15, -0.1) is 23.1 Å². The zero-order valence-electron chi connectivity index (χ0n) is 9.84. The molecule has 0 aliphatic carbocycles. The van der Waals surface area contributed by atoms with E-state index in [9.17, 15) is 4.79 Å². The molecule has 0 aliphatic rings. The summed E-state index contributed by atoms with van der Waals surface area (Å²) in [6.45, 7) is 0.588. The van der Waals surface area contributed by atoms with Crippen LogP contribution < -0.4 is 4.74 Å². The Balaban J connectivity index is 1.74. The van der Waals surface area contributed by atoms with Crippen molar-refractivity contribution in [3.63, 3.8) is 0 Å². The van der Waals surface area contributed by atoms with Gasteiger partial charge in [-0.1, -0.05) is 15.9 Å². The van der Waals surface area contributed by atoms with Crippen LogP contribution in [0.2, 0.25) is 0 Å². The van der Waals surface area contributed by atoms with Crippen LogP contribution in [0.1, 0.15) is 9.67 Å². The van der Waals surface area contributed by atoms with E-state index < -0.39 is 5.97 Å². The fourth-order valence-corrected chi connectivity index (χ4v) is 3.32. The van der Waals surface area contributed by atoms with Crippen molar-refractivity contribution in [1.82, 2.24) is 0 Å². The van der Waals surface area contributed by atoms with Gasteiger partial charge in [0.05, 0.1) is 6.61 Å². The molecule has 1 aromatic heterocycles. The van der Waals surface area contributed by atoms with Gasteiger partial charge in [0.25, 0.3) is 0 Å². The highest BCUT2D eigenvalue weighted by molar-refractivity contribution is 9.10. The lowest BCUT2D eigenvalue weighted by Gasteiger charge is -2.05. The Labute approximate surface area is 127 Å². The van der Waals surface area contributed by atoms with Crippen molar-refractivity contribution in [3.8, 4) is 5.75 Å². The molecule has 6 heteroatoms. The molecule has 2 rings (SSSR count). The lowest BCUT2D eigenvalue weighted by atomic mass is 10.3. The second-order valence-electron chi connectivity index (χ2n) is 3.60. The molecule has 0 fully saturated rings. The number of halogens is 1. The predicted molar refractivity (Wildman–Crippen MR) is 81.6 cm³/mol. The molecule has 0 saturated heterocycles. The van der Waals surface area contributed by atoms with Gasteiger partial charge in [-0.05, 0) is 30.3 Å². The van der Waals surface area contributed by atoms with Crippen molar-refractivity contribution < 1.29 is 14.6 Å². The molecule has 1 heterocycles. The number of thioether (sulfide) groups is 1. The van der Waals surface area contributed by atoms with Crippen LogP contribution in [-0.4, -0.2) is 23.4 Å². The Morgan fingerprint density at radius 2 is 2.11 bits per heavy atom. The summed E-state index contributed by atoms with van der Waals surface area (Å²) in [6.07, 6.45) is 0. The number of carbonyl (C=O) groups is 1. The van der Waals surface area contributed by atoms with Crippen LogP contribution >= 0.6 is 39.0 Å². The van der Waals surface area contributed by atoms with Gasteiger partial charge in [-0.3, -0.25) is 0 Å². The standard InChI is InChI=1S/C13H11BrO3S2/c14-9-1-3-10(4-2-9)17-5-6-18-11-7-12(13(15)16)19-8-11/h1-4,7-8H,5-6H2,(H,15,16). The summed E-state index contributed by atoms with van der Waals surface area (Å²) in [5.74, 6) is 0.745. The normalized spacial score (nSPS) is 10.4. The number of aromatic carboxylic acids is 1. The lowest BCUT2D eigenvalue weighted by molar-refractivity contribution is 0.0702. The molecule has 0 saturated carbocycles. The zero-order chi connectivity index (χ0) is 13.7. The first kappa shape index (κ1) is 14.4. The number of carboxylic acids is 1. The highest BCUT2D eigenvalue weighted by atomic mass is 79.9. The molecule has 19 heavy (non-hydrogen) atoms. The molecule has 1 aromatic carbocycles.